The van der Waals surface area contributed by atoms with Crippen LogP contribution < -0.4 is 5.32 Å². The summed E-state index contributed by atoms with van der Waals surface area (Å²) < 4.78 is 0. The van der Waals surface area contributed by atoms with Gasteiger partial charge in [-0.15, -0.1) is 0 Å². The molecular formula is C14H17ClN2O2. The number of halogens is 1. The van der Waals surface area contributed by atoms with E-state index in [1.807, 2.05) is 13.0 Å². The van der Waals surface area contributed by atoms with Crippen molar-refractivity contribution in [1.29, 1.82) is 5.26 Å². The van der Waals surface area contributed by atoms with Crippen molar-refractivity contribution in [3.8, 4) is 6.07 Å². The first-order chi connectivity index (χ1) is 9.04. The van der Waals surface area contributed by atoms with Crippen LogP contribution in [-0.4, -0.2) is 17.6 Å². The average Bonchev–Trinajstić information content (AvgIpc) is 2.36. The molecule has 0 saturated heterocycles. The van der Waals surface area contributed by atoms with Crippen LogP contribution in [-0.2, 0) is 4.79 Å². The Hall–Kier alpha value is -1.73. The molecule has 0 amide bonds. The lowest BCUT2D eigenvalue weighted by atomic mass is 10.0. The molecular weight excluding hydrogens is 264 g/mol. The fourth-order valence-electron chi connectivity index (χ4n) is 1.75. The Kier molecular flexibility index (Phi) is 6.17. The zero-order chi connectivity index (χ0) is 14.3. The summed E-state index contributed by atoms with van der Waals surface area (Å²) in [6.07, 6.45) is 1.71. The van der Waals surface area contributed by atoms with E-state index < -0.39 is 5.97 Å². The lowest BCUT2D eigenvalue weighted by Crippen LogP contribution is -2.09. The molecule has 0 heterocycles. The number of carbonyl (C=O) groups is 1. The van der Waals surface area contributed by atoms with Crippen molar-refractivity contribution in [2.75, 3.05) is 11.9 Å². The molecule has 0 bridgehead atoms. The van der Waals surface area contributed by atoms with E-state index in [0.717, 1.165) is 12.1 Å². The van der Waals surface area contributed by atoms with Gasteiger partial charge >= 0.3 is 5.97 Å². The molecule has 1 rings (SSSR count). The molecule has 2 N–H and O–H groups in total. The minimum atomic E-state index is -0.763. The molecule has 1 aromatic carbocycles. The van der Waals surface area contributed by atoms with Gasteiger partial charge in [-0.2, -0.15) is 5.26 Å². The van der Waals surface area contributed by atoms with Crippen LogP contribution >= 0.6 is 11.6 Å². The molecule has 1 atom stereocenters. The number of hydrogen-bond acceptors (Lipinski definition) is 3. The summed E-state index contributed by atoms with van der Waals surface area (Å²) in [5, 5.41) is 21.2. The fourth-order valence-corrected chi connectivity index (χ4v) is 1.97. The number of nitrogens with one attached hydrogen (secondary N) is 1. The standard InChI is InChI=1S/C14H17ClN2O2/c1-10(5-6-14(18)19)7-8-17-13-4-2-3-12(15)11(13)9-16/h2-4,10,17H,5-8H2,1H3,(H,18,19). The molecule has 0 spiro atoms. The van der Waals surface area contributed by atoms with Gasteiger partial charge in [0.1, 0.15) is 6.07 Å². The van der Waals surface area contributed by atoms with Crippen LogP contribution in [0.4, 0.5) is 5.69 Å². The second-order valence-electron chi connectivity index (χ2n) is 4.53. The van der Waals surface area contributed by atoms with Gasteiger partial charge in [0, 0.05) is 13.0 Å². The average molecular weight is 281 g/mol. The molecule has 0 saturated carbocycles. The van der Waals surface area contributed by atoms with E-state index in [9.17, 15) is 4.79 Å². The highest BCUT2D eigenvalue weighted by Gasteiger charge is 2.08. The topological polar surface area (TPSA) is 73.1 Å². The summed E-state index contributed by atoms with van der Waals surface area (Å²) in [6, 6.07) is 7.35. The van der Waals surface area contributed by atoms with Gasteiger partial charge in [-0.25, -0.2) is 0 Å². The van der Waals surface area contributed by atoms with Gasteiger partial charge in [0.05, 0.1) is 16.3 Å². The smallest absolute Gasteiger partial charge is 0.303 e. The second-order valence-corrected chi connectivity index (χ2v) is 4.93. The van der Waals surface area contributed by atoms with Gasteiger partial charge < -0.3 is 10.4 Å². The van der Waals surface area contributed by atoms with Crippen LogP contribution in [0.5, 0.6) is 0 Å². The van der Waals surface area contributed by atoms with E-state index in [0.29, 0.717) is 29.5 Å². The van der Waals surface area contributed by atoms with Crippen molar-refractivity contribution in [2.45, 2.75) is 26.2 Å². The summed E-state index contributed by atoms with van der Waals surface area (Å²) in [4.78, 5) is 10.5. The van der Waals surface area contributed by atoms with E-state index in [2.05, 4.69) is 11.4 Å². The third kappa shape index (κ3) is 5.19. The Morgan fingerprint density at radius 3 is 2.89 bits per heavy atom. The maximum Gasteiger partial charge on any atom is 0.303 e. The minimum absolute atomic E-state index is 0.196. The monoisotopic (exact) mass is 280 g/mol. The van der Waals surface area contributed by atoms with Gasteiger partial charge in [0.2, 0.25) is 0 Å². The highest BCUT2D eigenvalue weighted by molar-refractivity contribution is 6.32. The van der Waals surface area contributed by atoms with Crippen LogP contribution in [0.3, 0.4) is 0 Å². The first kappa shape index (κ1) is 15.3. The van der Waals surface area contributed by atoms with Gasteiger partial charge in [0.25, 0.3) is 0 Å². The van der Waals surface area contributed by atoms with Gasteiger partial charge in [-0.3, -0.25) is 4.79 Å². The predicted octanol–water partition coefficient (Wildman–Crippen LogP) is 3.51. The highest BCUT2D eigenvalue weighted by Crippen LogP contribution is 2.23. The van der Waals surface area contributed by atoms with E-state index in [-0.39, 0.29) is 6.42 Å². The number of rotatable bonds is 7. The summed E-state index contributed by atoms with van der Waals surface area (Å²) in [7, 11) is 0. The third-order valence-electron chi connectivity index (χ3n) is 2.93. The molecule has 1 aromatic rings. The third-order valence-corrected chi connectivity index (χ3v) is 3.24. The van der Waals surface area contributed by atoms with Crippen molar-refractivity contribution in [3.05, 3.63) is 28.8 Å². The number of nitrogens with zero attached hydrogens (tertiary/aromatic N) is 1. The molecule has 0 aliphatic carbocycles. The number of aliphatic carboxylic acids is 1. The number of nitriles is 1. The Labute approximate surface area is 118 Å². The molecule has 0 aromatic heterocycles. The highest BCUT2D eigenvalue weighted by atomic mass is 35.5. The van der Waals surface area contributed by atoms with Crippen LogP contribution in [0.1, 0.15) is 31.7 Å². The van der Waals surface area contributed by atoms with Crippen LogP contribution in [0.25, 0.3) is 0 Å². The largest absolute Gasteiger partial charge is 0.481 e. The summed E-state index contributed by atoms with van der Waals surface area (Å²) >= 11 is 5.93. The van der Waals surface area contributed by atoms with Crippen molar-refractivity contribution in [1.82, 2.24) is 0 Å². The maximum absolute atomic E-state index is 10.5. The minimum Gasteiger partial charge on any atom is -0.481 e. The van der Waals surface area contributed by atoms with Gasteiger partial charge in [0.15, 0.2) is 0 Å². The molecule has 1 unspecified atom stereocenters. The van der Waals surface area contributed by atoms with E-state index in [1.165, 1.54) is 0 Å². The molecule has 4 nitrogen and oxygen atoms in total. The Morgan fingerprint density at radius 2 is 2.26 bits per heavy atom. The molecule has 5 heteroatoms. The summed E-state index contributed by atoms with van der Waals surface area (Å²) in [5.74, 6) is -0.435. The summed E-state index contributed by atoms with van der Waals surface area (Å²) in [6.45, 7) is 2.71. The van der Waals surface area contributed by atoms with Crippen LogP contribution in [0.15, 0.2) is 18.2 Å². The zero-order valence-electron chi connectivity index (χ0n) is 10.8. The SMILES string of the molecule is CC(CCNc1cccc(Cl)c1C#N)CCC(=O)O. The van der Waals surface area contributed by atoms with Crippen molar-refractivity contribution >= 4 is 23.3 Å². The normalized spacial score (nSPS) is 11.6. The van der Waals surface area contributed by atoms with Crippen molar-refractivity contribution < 1.29 is 9.90 Å². The molecule has 0 aliphatic heterocycles. The second kappa shape index (κ2) is 7.65. The first-order valence-corrected chi connectivity index (χ1v) is 6.56. The number of hydrogen-bond donors (Lipinski definition) is 2. The van der Waals surface area contributed by atoms with Crippen LogP contribution in [0.2, 0.25) is 5.02 Å². The number of carboxylic acids is 1. The molecule has 0 aliphatic rings. The predicted molar refractivity (Wildman–Crippen MR) is 75.3 cm³/mol. The Balaban J connectivity index is 2.44. The van der Waals surface area contributed by atoms with Crippen LogP contribution in [0, 0.1) is 17.2 Å². The lowest BCUT2D eigenvalue weighted by Gasteiger charge is -2.12. The van der Waals surface area contributed by atoms with E-state index in [1.54, 1.807) is 12.1 Å². The van der Waals surface area contributed by atoms with Crippen molar-refractivity contribution in [3.63, 3.8) is 0 Å². The number of carboxylic acid groups (broad SMARTS) is 1. The first-order valence-electron chi connectivity index (χ1n) is 6.19. The van der Waals surface area contributed by atoms with Gasteiger partial charge in [-0.05, 0) is 30.9 Å². The molecule has 0 radical (unpaired) electrons. The molecule has 19 heavy (non-hydrogen) atoms. The van der Waals surface area contributed by atoms with E-state index in [4.69, 9.17) is 22.0 Å². The van der Waals surface area contributed by atoms with Crippen molar-refractivity contribution in [2.24, 2.45) is 5.92 Å². The lowest BCUT2D eigenvalue weighted by molar-refractivity contribution is -0.137. The quantitative estimate of drug-likeness (QED) is 0.801. The van der Waals surface area contributed by atoms with Gasteiger partial charge in [-0.1, -0.05) is 24.6 Å². The number of anilines is 1. The molecule has 102 valence electrons. The zero-order valence-corrected chi connectivity index (χ0v) is 11.6. The Morgan fingerprint density at radius 1 is 1.53 bits per heavy atom. The molecule has 0 fully saturated rings. The number of benzene rings is 1. The Bertz CT molecular complexity index is 483. The summed E-state index contributed by atoms with van der Waals surface area (Å²) in [5.41, 5.74) is 1.17. The fraction of sp³-hybridized carbons (Fsp3) is 0.429. The maximum atomic E-state index is 10.5. The van der Waals surface area contributed by atoms with E-state index >= 15 is 0 Å².